The summed E-state index contributed by atoms with van der Waals surface area (Å²) in [5, 5.41) is 0. The number of aromatic nitrogens is 2. The first-order valence-electron chi connectivity index (χ1n) is 9.32. The van der Waals surface area contributed by atoms with Crippen molar-refractivity contribution in [3.05, 3.63) is 41.9 Å². The van der Waals surface area contributed by atoms with Crippen LogP contribution < -0.4 is 10.5 Å². The van der Waals surface area contributed by atoms with Gasteiger partial charge in [-0.1, -0.05) is 13.8 Å². The monoisotopic (exact) mass is 483 g/mol. The molecular weight excluding hydrogens is 457 g/mol. The molecule has 0 bridgehead atoms. The van der Waals surface area contributed by atoms with Crippen molar-refractivity contribution in [1.29, 1.82) is 0 Å². The molecular formula is C19H26F4N3O5P. The standard InChI is InChI=1S/C19H23F4N3O.H3O4P/c1-11(2)9-19(3,24)10-27-15-5-4-13(26-16(15)18(22)23)12-6-7-25-14(8-12)17(20)21;1-5(2,3)4/h4-8,11,17-18H,9-10,24H2,1-3H3;(H3,1,2,3,4)/t19-;/m0./s1. The Hall–Kier alpha value is -2.11. The van der Waals surface area contributed by atoms with Gasteiger partial charge in [-0.25, -0.2) is 27.1 Å². The molecule has 0 aliphatic rings. The van der Waals surface area contributed by atoms with Crippen molar-refractivity contribution in [1.82, 2.24) is 9.97 Å². The Morgan fingerprint density at radius 3 is 2.22 bits per heavy atom. The van der Waals surface area contributed by atoms with Crippen LogP contribution in [-0.4, -0.2) is 36.8 Å². The number of rotatable bonds is 8. The number of nitrogens with zero attached hydrogens (tertiary/aromatic N) is 2. The molecule has 0 aliphatic heterocycles. The van der Waals surface area contributed by atoms with Crippen LogP contribution >= 0.6 is 7.82 Å². The summed E-state index contributed by atoms with van der Waals surface area (Å²) in [4.78, 5) is 29.0. The van der Waals surface area contributed by atoms with Crippen molar-refractivity contribution < 1.29 is 41.5 Å². The molecule has 0 radical (unpaired) electrons. The molecule has 32 heavy (non-hydrogen) atoms. The van der Waals surface area contributed by atoms with Crippen LogP contribution in [0.15, 0.2) is 30.5 Å². The van der Waals surface area contributed by atoms with Gasteiger partial charge in [-0.3, -0.25) is 4.98 Å². The fraction of sp³-hybridized carbons (Fsp3) is 0.474. The number of halogens is 4. The van der Waals surface area contributed by atoms with E-state index in [0.29, 0.717) is 12.3 Å². The third-order valence-electron chi connectivity index (χ3n) is 3.83. The molecule has 2 heterocycles. The number of pyridine rings is 2. The molecule has 0 saturated heterocycles. The predicted molar refractivity (Wildman–Crippen MR) is 109 cm³/mol. The minimum absolute atomic E-state index is 0.0523. The largest absolute Gasteiger partial charge is 0.490 e. The van der Waals surface area contributed by atoms with Gasteiger partial charge in [-0.05, 0) is 43.5 Å². The first kappa shape index (κ1) is 27.9. The van der Waals surface area contributed by atoms with Gasteiger partial charge in [0.25, 0.3) is 12.9 Å². The number of nitrogens with two attached hydrogens (primary N) is 1. The molecule has 1 atom stereocenters. The predicted octanol–water partition coefficient (Wildman–Crippen LogP) is 4.23. The zero-order valence-corrected chi connectivity index (χ0v) is 18.5. The van der Waals surface area contributed by atoms with E-state index in [9.17, 15) is 17.6 Å². The van der Waals surface area contributed by atoms with Crippen LogP contribution in [0, 0.1) is 5.92 Å². The van der Waals surface area contributed by atoms with E-state index in [-0.39, 0.29) is 23.6 Å². The van der Waals surface area contributed by atoms with Crippen LogP contribution in [-0.2, 0) is 4.57 Å². The second kappa shape index (κ2) is 11.7. The zero-order valence-electron chi connectivity index (χ0n) is 17.6. The van der Waals surface area contributed by atoms with Gasteiger partial charge < -0.3 is 25.2 Å². The highest BCUT2D eigenvalue weighted by Gasteiger charge is 2.24. The lowest BCUT2D eigenvalue weighted by Gasteiger charge is -2.27. The first-order valence-corrected chi connectivity index (χ1v) is 10.9. The van der Waals surface area contributed by atoms with Crippen LogP contribution in [0.25, 0.3) is 11.3 Å². The molecule has 2 rings (SSSR count). The maximum atomic E-state index is 13.5. The van der Waals surface area contributed by atoms with Crippen molar-refractivity contribution in [3.8, 4) is 17.0 Å². The third-order valence-corrected chi connectivity index (χ3v) is 3.83. The normalized spacial score (nSPS) is 13.7. The van der Waals surface area contributed by atoms with Gasteiger partial charge in [0.2, 0.25) is 0 Å². The smallest absolute Gasteiger partial charge is 0.466 e. The third kappa shape index (κ3) is 10.5. The molecule has 0 amide bonds. The Morgan fingerprint density at radius 2 is 1.72 bits per heavy atom. The second-order valence-corrected chi connectivity index (χ2v) is 8.73. The molecule has 8 nitrogen and oxygen atoms in total. The minimum atomic E-state index is -4.64. The van der Waals surface area contributed by atoms with E-state index in [1.807, 2.05) is 13.8 Å². The summed E-state index contributed by atoms with van der Waals surface area (Å²) >= 11 is 0. The highest BCUT2D eigenvalue weighted by atomic mass is 31.2. The number of phosphoric acid groups is 1. The lowest BCUT2D eigenvalue weighted by Crippen LogP contribution is -2.43. The SMILES string of the molecule is CC(C)C[C@](C)(N)COc1ccc(-c2ccnc(C(F)F)c2)nc1C(F)F.O=P(O)(O)O. The molecule has 180 valence electrons. The van der Waals surface area contributed by atoms with Crippen molar-refractivity contribution in [2.24, 2.45) is 11.7 Å². The van der Waals surface area contributed by atoms with Crippen molar-refractivity contribution >= 4 is 7.82 Å². The van der Waals surface area contributed by atoms with Crippen molar-refractivity contribution in [2.45, 2.75) is 45.6 Å². The van der Waals surface area contributed by atoms with Crippen LogP contribution in [0.2, 0.25) is 0 Å². The average molecular weight is 483 g/mol. The topological polar surface area (TPSA) is 139 Å². The van der Waals surface area contributed by atoms with E-state index in [2.05, 4.69) is 9.97 Å². The fourth-order valence-corrected chi connectivity index (χ4v) is 2.86. The van der Waals surface area contributed by atoms with E-state index in [0.717, 1.165) is 6.07 Å². The van der Waals surface area contributed by atoms with Gasteiger partial charge in [-0.2, -0.15) is 0 Å². The highest BCUT2D eigenvalue weighted by molar-refractivity contribution is 7.45. The van der Waals surface area contributed by atoms with Gasteiger partial charge in [0.15, 0.2) is 0 Å². The van der Waals surface area contributed by atoms with E-state index in [1.165, 1.54) is 24.4 Å². The summed E-state index contributed by atoms with van der Waals surface area (Å²) in [5.74, 6) is 0.256. The Balaban J connectivity index is 0.000000920. The lowest BCUT2D eigenvalue weighted by molar-refractivity contribution is 0.134. The maximum absolute atomic E-state index is 13.5. The Bertz CT molecular complexity index is 917. The Morgan fingerprint density at radius 1 is 1.12 bits per heavy atom. The summed E-state index contributed by atoms with van der Waals surface area (Å²) < 4.78 is 66.9. The summed E-state index contributed by atoms with van der Waals surface area (Å²) in [6.07, 6.45) is -3.79. The van der Waals surface area contributed by atoms with E-state index >= 15 is 0 Å². The lowest BCUT2D eigenvalue weighted by atomic mass is 9.93. The Labute approximate surface area is 182 Å². The minimum Gasteiger partial charge on any atom is -0.490 e. The zero-order chi connectivity index (χ0) is 24.7. The highest BCUT2D eigenvalue weighted by Crippen LogP contribution is 2.32. The molecule has 0 aromatic carbocycles. The van der Waals surface area contributed by atoms with Gasteiger partial charge in [0, 0.05) is 17.3 Å². The maximum Gasteiger partial charge on any atom is 0.466 e. The second-order valence-electron chi connectivity index (χ2n) is 7.70. The molecule has 0 fully saturated rings. The molecule has 2 aromatic heterocycles. The van der Waals surface area contributed by atoms with Crippen LogP contribution in [0.4, 0.5) is 17.6 Å². The first-order chi connectivity index (χ1) is 14.6. The molecule has 13 heteroatoms. The van der Waals surface area contributed by atoms with Gasteiger partial charge in [0.1, 0.15) is 23.7 Å². The van der Waals surface area contributed by atoms with Gasteiger partial charge >= 0.3 is 7.82 Å². The average Bonchev–Trinajstić information content (AvgIpc) is 2.64. The number of hydrogen-bond donors (Lipinski definition) is 4. The van der Waals surface area contributed by atoms with Crippen LogP contribution in [0.1, 0.15) is 51.4 Å². The number of alkyl halides is 4. The van der Waals surface area contributed by atoms with Gasteiger partial charge in [-0.15, -0.1) is 0 Å². The van der Waals surface area contributed by atoms with E-state index in [1.54, 1.807) is 6.92 Å². The Kier molecular flexibility index (Phi) is 10.2. The summed E-state index contributed by atoms with van der Waals surface area (Å²) in [6, 6.07) is 5.37. The summed E-state index contributed by atoms with van der Waals surface area (Å²) in [7, 11) is -4.64. The van der Waals surface area contributed by atoms with Crippen LogP contribution in [0.5, 0.6) is 5.75 Å². The van der Waals surface area contributed by atoms with Crippen LogP contribution in [0.3, 0.4) is 0 Å². The quantitative estimate of drug-likeness (QED) is 0.323. The van der Waals surface area contributed by atoms with Crippen molar-refractivity contribution in [3.63, 3.8) is 0 Å². The van der Waals surface area contributed by atoms with E-state index < -0.39 is 37.6 Å². The molecule has 0 spiro atoms. The van der Waals surface area contributed by atoms with Gasteiger partial charge in [0.05, 0.1) is 5.69 Å². The number of ether oxygens (including phenoxy) is 1. The molecule has 0 aliphatic carbocycles. The number of hydrogen-bond acceptors (Lipinski definition) is 5. The van der Waals surface area contributed by atoms with E-state index in [4.69, 9.17) is 29.7 Å². The van der Waals surface area contributed by atoms with Crippen molar-refractivity contribution in [2.75, 3.05) is 6.61 Å². The summed E-state index contributed by atoms with van der Waals surface area (Å²) in [6.45, 7) is 5.86. The molecule has 2 aromatic rings. The molecule has 0 unspecified atom stereocenters. The summed E-state index contributed by atoms with van der Waals surface area (Å²) in [5.41, 5.74) is 4.89. The molecule has 0 saturated carbocycles. The fourth-order valence-electron chi connectivity index (χ4n) is 2.86. The molecule has 5 N–H and O–H groups in total.